The number of carboxylic acids is 1. The lowest BCUT2D eigenvalue weighted by Crippen LogP contribution is -2.15. The van der Waals surface area contributed by atoms with Crippen LogP contribution in [0.4, 0.5) is 0 Å². The molecule has 0 radical (unpaired) electrons. The molecule has 0 aliphatic rings. The average molecular weight is 308 g/mol. The van der Waals surface area contributed by atoms with Gasteiger partial charge in [-0.25, -0.2) is 0 Å². The van der Waals surface area contributed by atoms with Crippen LogP contribution in [0.15, 0.2) is 28.7 Å². The SMILES string of the molecule is O=C(O)[C@@H](Br)Cc1cccc(Br)c1. The summed E-state index contributed by atoms with van der Waals surface area (Å²) in [6, 6.07) is 7.62. The van der Waals surface area contributed by atoms with E-state index < -0.39 is 10.8 Å². The number of hydrogen-bond donors (Lipinski definition) is 1. The summed E-state index contributed by atoms with van der Waals surface area (Å²) in [6.45, 7) is 0. The van der Waals surface area contributed by atoms with Crippen molar-refractivity contribution in [1.82, 2.24) is 0 Å². The van der Waals surface area contributed by atoms with Crippen LogP contribution in [0.1, 0.15) is 5.56 Å². The summed E-state index contributed by atoms with van der Waals surface area (Å²) in [5, 5.41) is 8.65. The van der Waals surface area contributed by atoms with Crippen molar-refractivity contribution >= 4 is 37.8 Å². The number of rotatable bonds is 3. The van der Waals surface area contributed by atoms with E-state index in [-0.39, 0.29) is 0 Å². The van der Waals surface area contributed by atoms with Gasteiger partial charge in [0, 0.05) is 4.47 Å². The lowest BCUT2D eigenvalue weighted by atomic mass is 10.1. The molecule has 0 amide bonds. The predicted molar refractivity (Wildman–Crippen MR) is 58.2 cm³/mol. The third-order valence-corrected chi connectivity index (χ3v) is 2.78. The summed E-state index contributed by atoms with van der Waals surface area (Å²) in [5.74, 6) is -0.833. The third kappa shape index (κ3) is 3.48. The smallest absolute Gasteiger partial charge is 0.317 e. The molecular weight excluding hydrogens is 300 g/mol. The van der Waals surface area contributed by atoms with Gasteiger partial charge in [0.1, 0.15) is 4.83 Å². The minimum absolute atomic E-state index is 0.495. The summed E-state index contributed by atoms with van der Waals surface area (Å²) in [5.41, 5.74) is 0.999. The Morgan fingerprint density at radius 3 is 2.77 bits per heavy atom. The molecule has 4 heteroatoms. The number of aliphatic carboxylic acids is 1. The Labute approximate surface area is 93.2 Å². The largest absolute Gasteiger partial charge is 0.480 e. The molecule has 1 N–H and O–H groups in total. The molecule has 0 unspecified atom stereocenters. The molecule has 0 bridgehead atoms. The maximum absolute atomic E-state index is 10.5. The van der Waals surface area contributed by atoms with E-state index >= 15 is 0 Å². The van der Waals surface area contributed by atoms with E-state index in [1.54, 1.807) is 0 Å². The maximum Gasteiger partial charge on any atom is 0.317 e. The van der Waals surface area contributed by atoms with Crippen molar-refractivity contribution in [3.05, 3.63) is 34.3 Å². The predicted octanol–water partition coefficient (Wildman–Crippen LogP) is 2.84. The van der Waals surface area contributed by atoms with E-state index in [1.165, 1.54) is 0 Å². The molecule has 0 saturated carbocycles. The van der Waals surface area contributed by atoms with Gasteiger partial charge < -0.3 is 5.11 Å². The number of halogens is 2. The Balaban J connectivity index is 2.69. The molecule has 2 nitrogen and oxygen atoms in total. The summed E-state index contributed by atoms with van der Waals surface area (Å²) < 4.78 is 0.968. The molecule has 0 aromatic heterocycles. The molecule has 0 spiro atoms. The van der Waals surface area contributed by atoms with Crippen LogP contribution in [-0.4, -0.2) is 15.9 Å². The number of carbonyl (C=O) groups is 1. The lowest BCUT2D eigenvalue weighted by Gasteiger charge is -2.04. The molecule has 0 aliphatic carbocycles. The topological polar surface area (TPSA) is 37.3 Å². The fourth-order valence-electron chi connectivity index (χ4n) is 0.958. The van der Waals surface area contributed by atoms with Crippen molar-refractivity contribution in [3.63, 3.8) is 0 Å². The van der Waals surface area contributed by atoms with Gasteiger partial charge in [-0.1, -0.05) is 44.0 Å². The Kier molecular flexibility index (Phi) is 3.93. The number of hydrogen-bond acceptors (Lipinski definition) is 1. The molecule has 1 aromatic carbocycles. The second-order valence-electron chi connectivity index (χ2n) is 2.64. The number of alkyl halides is 1. The standard InChI is InChI=1S/C9H8Br2O2/c10-7-3-1-2-6(4-7)5-8(11)9(12)13/h1-4,8H,5H2,(H,12,13)/t8-/m0/s1. The number of benzene rings is 1. The van der Waals surface area contributed by atoms with Gasteiger partial charge in [0.2, 0.25) is 0 Å². The molecule has 0 saturated heterocycles. The zero-order valence-electron chi connectivity index (χ0n) is 6.71. The minimum Gasteiger partial charge on any atom is -0.480 e. The summed E-state index contributed by atoms with van der Waals surface area (Å²) in [7, 11) is 0. The molecule has 0 fully saturated rings. The Morgan fingerprint density at radius 1 is 1.54 bits per heavy atom. The first kappa shape index (κ1) is 10.7. The molecule has 1 aromatic rings. The monoisotopic (exact) mass is 306 g/mol. The summed E-state index contributed by atoms with van der Waals surface area (Å²) in [4.78, 5) is 10.0. The van der Waals surface area contributed by atoms with Crippen LogP contribution < -0.4 is 0 Å². The second kappa shape index (κ2) is 4.77. The quantitative estimate of drug-likeness (QED) is 0.872. The highest BCUT2D eigenvalue weighted by atomic mass is 79.9. The number of carboxylic acid groups (broad SMARTS) is 1. The van der Waals surface area contributed by atoms with Gasteiger partial charge in [-0.15, -0.1) is 0 Å². The van der Waals surface area contributed by atoms with Gasteiger partial charge in [0.25, 0.3) is 0 Å². The minimum atomic E-state index is -0.833. The molecule has 0 aliphatic heterocycles. The summed E-state index contributed by atoms with van der Waals surface area (Å²) in [6.07, 6.45) is 0.495. The lowest BCUT2D eigenvalue weighted by molar-refractivity contribution is -0.136. The zero-order chi connectivity index (χ0) is 9.84. The van der Waals surface area contributed by atoms with Crippen LogP contribution in [0.2, 0.25) is 0 Å². The van der Waals surface area contributed by atoms with Crippen LogP contribution in [0, 0.1) is 0 Å². The van der Waals surface area contributed by atoms with E-state index in [2.05, 4.69) is 31.9 Å². The van der Waals surface area contributed by atoms with Crippen LogP contribution in [0.3, 0.4) is 0 Å². The molecule has 0 heterocycles. The van der Waals surface area contributed by atoms with Crippen LogP contribution in [0.25, 0.3) is 0 Å². The van der Waals surface area contributed by atoms with Crippen LogP contribution in [-0.2, 0) is 11.2 Å². The Bertz CT molecular complexity index is 312. The Hall–Kier alpha value is -0.350. The van der Waals surface area contributed by atoms with Gasteiger partial charge in [-0.3, -0.25) is 4.79 Å². The van der Waals surface area contributed by atoms with Gasteiger partial charge in [0.05, 0.1) is 0 Å². The normalized spacial score (nSPS) is 12.5. The van der Waals surface area contributed by atoms with Crippen molar-refractivity contribution in [2.75, 3.05) is 0 Å². The highest BCUT2D eigenvalue weighted by Crippen LogP contribution is 2.15. The van der Waals surface area contributed by atoms with Crippen molar-refractivity contribution in [2.24, 2.45) is 0 Å². The molecule has 70 valence electrons. The highest BCUT2D eigenvalue weighted by Gasteiger charge is 2.13. The average Bonchev–Trinajstić information content (AvgIpc) is 2.04. The molecular formula is C9H8Br2O2. The van der Waals surface area contributed by atoms with Gasteiger partial charge in [-0.2, -0.15) is 0 Å². The van der Waals surface area contributed by atoms with E-state index in [0.717, 1.165) is 10.0 Å². The van der Waals surface area contributed by atoms with Gasteiger partial charge >= 0.3 is 5.97 Å². The van der Waals surface area contributed by atoms with E-state index in [9.17, 15) is 4.79 Å². The highest BCUT2D eigenvalue weighted by molar-refractivity contribution is 9.10. The van der Waals surface area contributed by atoms with Gasteiger partial charge in [0.15, 0.2) is 0 Å². The van der Waals surface area contributed by atoms with Crippen LogP contribution >= 0.6 is 31.9 Å². The van der Waals surface area contributed by atoms with Crippen LogP contribution in [0.5, 0.6) is 0 Å². The first-order valence-corrected chi connectivity index (χ1v) is 5.42. The van der Waals surface area contributed by atoms with Crippen molar-refractivity contribution < 1.29 is 9.90 Å². The van der Waals surface area contributed by atoms with Crippen molar-refractivity contribution in [2.45, 2.75) is 11.2 Å². The summed E-state index contributed by atoms with van der Waals surface area (Å²) >= 11 is 6.41. The molecule has 13 heavy (non-hydrogen) atoms. The van der Waals surface area contributed by atoms with Crippen molar-refractivity contribution in [1.29, 1.82) is 0 Å². The van der Waals surface area contributed by atoms with E-state index in [4.69, 9.17) is 5.11 Å². The zero-order valence-corrected chi connectivity index (χ0v) is 9.88. The third-order valence-electron chi connectivity index (χ3n) is 1.57. The Morgan fingerprint density at radius 2 is 2.23 bits per heavy atom. The fourth-order valence-corrected chi connectivity index (χ4v) is 1.78. The second-order valence-corrected chi connectivity index (χ2v) is 4.66. The fraction of sp³-hybridized carbons (Fsp3) is 0.222. The molecule has 1 atom stereocenters. The van der Waals surface area contributed by atoms with E-state index in [0.29, 0.717) is 6.42 Å². The maximum atomic E-state index is 10.5. The van der Waals surface area contributed by atoms with Gasteiger partial charge in [-0.05, 0) is 24.1 Å². The van der Waals surface area contributed by atoms with E-state index in [1.807, 2.05) is 24.3 Å². The first-order chi connectivity index (χ1) is 6.09. The first-order valence-electron chi connectivity index (χ1n) is 3.71. The van der Waals surface area contributed by atoms with Crippen molar-refractivity contribution in [3.8, 4) is 0 Å². The molecule has 1 rings (SSSR count).